The molecule has 0 saturated carbocycles. The highest BCUT2D eigenvalue weighted by Crippen LogP contribution is 2.28. The third kappa shape index (κ3) is 4.28. The second-order valence-corrected chi connectivity index (χ2v) is 8.37. The van der Waals surface area contributed by atoms with Crippen molar-refractivity contribution in [3.05, 3.63) is 52.8 Å². The van der Waals surface area contributed by atoms with Crippen molar-refractivity contribution in [2.45, 2.75) is 31.6 Å². The standard InChI is InChI=1S/C19H22FN3O3S/c1-12-8-16(27(21,25)26)10-17(13(12)2)22-19(24)11-23-7-3-4-14-9-15(20)5-6-18(14)23/h5-6,8-10H,3-4,7,11H2,1-2H3,(H,22,24)(H2,21,25,26). The molecule has 1 aliphatic rings. The van der Waals surface area contributed by atoms with Gasteiger partial charge < -0.3 is 10.2 Å². The second kappa shape index (κ2) is 7.28. The zero-order valence-corrected chi connectivity index (χ0v) is 16.1. The van der Waals surface area contributed by atoms with Gasteiger partial charge in [0.25, 0.3) is 0 Å². The second-order valence-electron chi connectivity index (χ2n) is 6.80. The molecule has 0 spiro atoms. The lowest BCUT2D eigenvalue weighted by Gasteiger charge is -2.30. The Morgan fingerprint density at radius 3 is 2.70 bits per heavy atom. The summed E-state index contributed by atoms with van der Waals surface area (Å²) in [6.45, 7) is 4.35. The van der Waals surface area contributed by atoms with Crippen molar-refractivity contribution in [3.8, 4) is 0 Å². The molecule has 144 valence electrons. The summed E-state index contributed by atoms with van der Waals surface area (Å²) >= 11 is 0. The third-order valence-corrected chi connectivity index (χ3v) is 5.73. The first kappa shape index (κ1) is 19.3. The number of hydrogen-bond acceptors (Lipinski definition) is 4. The summed E-state index contributed by atoms with van der Waals surface area (Å²) in [6, 6.07) is 7.43. The highest BCUT2D eigenvalue weighted by Gasteiger charge is 2.20. The highest BCUT2D eigenvalue weighted by molar-refractivity contribution is 7.89. The van der Waals surface area contributed by atoms with E-state index < -0.39 is 10.0 Å². The van der Waals surface area contributed by atoms with Crippen LogP contribution in [0.1, 0.15) is 23.1 Å². The van der Waals surface area contributed by atoms with E-state index in [4.69, 9.17) is 5.14 Å². The molecule has 27 heavy (non-hydrogen) atoms. The molecular formula is C19H22FN3O3S. The third-order valence-electron chi connectivity index (χ3n) is 4.83. The number of aryl methyl sites for hydroxylation is 2. The number of carbonyl (C=O) groups is 1. The SMILES string of the molecule is Cc1cc(S(N)(=O)=O)cc(NC(=O)CN2CCCc3cc(F)ccc32)c1C. The molecule has 2 aromatic carbocycles. The Balaban J connectivity index is 1.81. The zero-order valence-electron chi connectivity index (χ0n) is 15.3. The Labute approximate surface area is 158 Å². The number of nitrogens with two attached hydrogens (primary N) is 1. The minimum atomic E-state index is -3.87. The number of rotatable bonds is 4. The summed E-state index contributed by atoms with van der Waals surface area (Å²) in [6.07, 6.45) is 1.61. The van der Waals surface area contributed by atoms with Crippen molar-refractivity contribution in [1.29, 1.82) is 0 Å². The molecule has 2 aromatic rings. The smallest absolute Gasteiger partial charge is 0.243 e. The maximum absolute atomic E-state index is 13.4. The molecule has 8 heteroatoms. The number of nitrogens with one attached hydrogen (secondary N) is 1. The fraction of sp³-hybridized carbons (Fsp3) is 0.316. The topological polar surface area (TPSA) is 92.5 Å². The summed E-state index contributed by atoms with van der Waals surface area (Å²) in [5, 5.41) is 7.99. The van der Waals surface area contributed by atoms with Gasteiger partial charge in [0.05, 0.1) is 11.4 Å². The van der Waals surface area contributed by atoms with Crippen LogP contribution in [0.3, 0.4) is 0 Å². The average Bonchev–Trinajstić information content (AvgIpc) is 2.57. The molecule has 0 fully saturated rings. The fourth-order valence-corrected chi connectivity index (χ4v) is 3.91. The van der Waals surface area contributed by atoms with E-state index in [0.29, 0.717) is 12.2 Å². The molecular weight excluding hydrogens is 369 g/mol. The van der Waals surface area contributed by atoms with Crippen LogP contribution < -0.4 is 15.4 Å². The van der Waals surface area contributed by atoms with Gasteiger partial charge in [-0.2, -0.15) is 0 Å². The van der Waals surface area contributed by atoms with Crippen LogP contribution in [0.2, 0.25) is 0 Å². The molecule has 0 atom stereocenters. The van der Waals surface area contributed by atoms with Gasteiger partial charge in [-0.15, -0.1) is 0 Å². The van der Waals surface area contributed by atoms with Gasteiger partial charge in [-0.05, 0) is 73.7 Å². The van der Waals surface area contributed by atoms with E-state index in [2.05, 4.69) is 5.32 Å². The molecule has 1 heterocycles. The fourth-order valence-electron chi connectivity index (χ4n) is 3.29. The number of sulfonamides is 1. The van der Waals surface area contributed by atoms with Crippen LogP contribution in [0.15, 0.2) is 35.2 Å². The van der Waals surface area contributed by atoms with E-state index in [-0.39, 0.29) is 23.2 Å². The Morgan fingerprint density at radius 2 is 2.00 bits per heavy atom. The Kier molecular flexibility index (Phi) is 5.21. The number of hydrogen-bond donors (Lipinski definition) is 2. The summed E-state index contributed by atoms with van der Waals surface area (Å²) in [4.78, 5) is 14.4. The van der Waals surface area contributed by atoms with Crippen molar-refractivity contribution < 1.29 is 17.6 Å². The molecule has 1 amide bonds. The van der Waals surface area contributed by atoms with Gasteiger partial charge in [-0.25, -0.2) is 17.9 Å². The number of anilines is 2. The highest BCUT2D eigenvalue weighted by atomic mass is 32.2. The number of carbonyl (C=O) groups excluding carboxylic acids is 1. The molecule has 0 bridgehead atoms. The normalized spacial score (nSPS) is 14.0. The van der Waals surface area contributed by atoms with Crippen molar-refractivity contribution in [3.63, 3.8) is 0 Å². The van der Waals surface area contributed by atoms with Gasteiger partial charge in [-0.1, -0.05) is 0 Å². The van der Waals surface area contributed by atoms with Gasteiger partial charge in [0, 0.05) is 17.9 Å². The van der Waals surface area contributed by atoms with Crippen molar-refractivity contribution in [2.75, 3.05) is 23.3 Å². The predicted octanol–water partition coefficient (Wildman–Crippen LogP) is 2.48. The van der Waals surface area contributed by atoms with Gasteiger partial charge >= 0.3 is 0 Å². The first-order valence-electron chi connectivity index (χ1n) is 8.62. The first-order chi connectivity index (χ1) is 12.6. The zero-order chi connectivity index (χ0) is 19.8. The molecule has 3 N–H and O–H groups in total. The van der Waals surface area contributed by atoms with E-state index in [1.807, 2.05) is 4.90 Å². The van der Waals surface area contributed by atoms with Crippen molar-refractivity contribution in [1.82, 2.24) is 0 Å². The molecule has 0 radical (unpaired) electrons. The van der Waals surface area contributed by atoms with Crippen LogP contribution in [0.5, 0.6) is 0 Å². The van der Waals surface area contributed by atoms with Gasteiger partial charge in [0.1, 0.15) is 5.82 Å². The van der Waals surface area contributed by atoms with Gasteiger partial charge in [0.15, 0.2) is 0 Å². The molecule has 3 rings (SSSR count). The van der Waals surface area contributed by atoms with E-state index in [1.54, 1.807) is 19.9 Å². The average molecular weight is 391 g/mol. The predicted molar refractivity (Wildman–Crippen MR) is 103 cm³/mol. The molecule has 1 aliphatic heterocycles. The molecule has 0 aliphatic carbocycles. The Hall–Kier alpha value is -2.45. The first-order valence-corrected chi connectivity index (χ1v) is 10.2. The van der Waals surface area contributed by atoms with Crippen molar-refractivity contribution in [2.24, 2.45) is 5.14 Å². The van der Waals surface area contributed by atoms with Crippen LogP contribution >= 0.6 is 0 Å². The van der Waals surface area contributed by atoms with Crippen LogP contribution in [-0.4, -0.2) is 27.4 Å². The number of primary sulfonamides is 1. The van der Waals surface area contributed by atoms with Gasteiger partial charge in [0.2, 0.25) is 15.9 Å². The maximum Gasteiger partial charge on any atom is 0.243 e. The Morgan fingerprint density at radius 1 is 1.26 bits per heavy atom. The van der Waals surface area contributed by atoms with Gasteiger partial charge in [-0.3, -0.25) is 4.79 Å². The van der Waals surface area contributed by atoms with Crippen molar-refractivity contribution >= 4 is 27.3 Å². The number of fused-ring (bicyclic) bond motifs is 1. The Bertz CT molecular complexity index is 1010. The van der Waals surface area contributed by atoms with E-state index in [9.17, 15) is 17.6 Å². The number of benzene rings is 2. The molecule has 0 unspecified atom stereocenters. The lowest BCUT2D eigenvalue weighted by atomic mass is 10.0. The lowest BCUT2D eigenvalue weighted by molar-refractivity contribution is -0.115. The lowest BCUT2D eigenvalue weighted by Crippen LogP contribution is -2.37. The molecule has 0 saturated heterocycles. The van der Waals surface area contributed by atoms with E-state index in [0.717, 1.165) is 35.2 Å². The summed E-state index contributed by atoms with van der Waals surface area (Å²) in [5.41, 5.74) is 3.65. The van der Waals surface area contributed by atoms with Crippen LogP contribution in [0, 0.1) is 19.7 Å². The largest absolute Gasteiger partial charge is 0.362 e. The number of halogens is 1. The maximum atomic E-state index is 13.4. The molecule has 6 nitrogen and oxygen atoms in total. The van der Waals surface area contributed by atoms with E-state index in [1.165, 1.54) is 24.3 Å². The minimum absolute atomic E-state index is 0.0420. The number of nitrogens with zero attached hydrogens (tertiary/aromatic N) is 1. The minimum Gasteiger partial charge on any atom is -0.362 e. The molecule has 0 aromatic heterocycles. The summed E-state index contributed by atoms with van der Waals surface area (Å²) in [5.74, 6) is -0.563. The number of amides is 1. The summed E-state index contributed by atoms with van der Waals surface area (Å²) in [7, 11) is -3.87. The summed E-state index contributed by atoms with van der Waals surface area (Å²) < 4.78 is 36.7. The quantitative estimate of drug-likeness (QED) is 0.837. The van der Waals surface area contributed by atoms with Crippen LogP contribution in [0.25, 0.3) is 0 Å². The van der Waals surface area contributed by atoms with E-state index >= 15 is 0 Å². The van der Waals surface area contributed by atoms with Crippen LogP contribution in [0.4, 0.5) is 15.8 Å². The van der Waals surface area contributed by atoms with Crippen LogP contribution in [-0.2, 0) is 21.2 Å². The monoisotopic (exact) mass is 391 g/mol.